The number of pyridine rings is 1. The van der Waals surface area contributed by atoms with E-state index in [9.17, 15) is 4.79 Å². The second-order valence-corrected chi connectivity index (χ2v) is 6.44. The highest BCUT2D eigenvalue weighted by Gasteiger charge is 2.07. The van der Waals surface area contributed by atoms with E-state index in [1.165, 1.54) is 0 Å². The molecule has 3 aromatic rings. The molecule has 0 fully saturated rings. The van der Waals surface area contributed by atoms with Crippen molar-refractivity contribution in [1.82, 2.24) is 10.3 Å². The van der Waals surface area contributed by atoms with Crippen LogP contribution in [-0.2, 0) is 6.42 Å². The molecule has 5 heteroatoms. The van der Waals surface area contributed by atoms with Crippen LogP contribution >= 0.6 is 11.6 Å². The van der Waals surface area contributed by atoms with Crippen molar-refractivity contribution in [2.24, 2.45) is 0 Å². The number of aryl methyl sites for hydroxylation is 1. The van der Waals surface area contributed by atoms with Crippen LogP contribution in [0.4, 0.5) is 11.4 Å². The number of benzene rings is 2. The number of halogens is 1. The molecule has 0 radical (unpaired) electrons. The van der Waals surface area contributed by atoms with Gasteiger partial charge in [0.25, 0.3) is 5.91 Å². The minimum atomic E-state index is -0.186. The summed E-state index contributed by atoms with van der Waals surface area (Å²) in [7, 11) is 0. The molecule has 132 valence electrons. The molecule has 1 amide bonds. The van der Waals surface area contributed by atoms with Crippen LogP contribution in [0.15, 0.2) is 66.9 Å². The minimum absolute atomic E-state index is 0.186. The number of amides is 1. The molecule has 3 rings (SSSR count). The number of nitrogens with zero attached hydrogens (tertiary/aromatic N) is 1. The van der Waals surface area contributed by atoms with E-state index in [0.717, 1.165) is 28.9 Å². The number of rotatable bonds is 6. The van der Waals surface area contributed by atoms with E-state index in [-0.39, 0.29) is 5.91 Å². The van der Waals surface area contributed by atoms with Crippen LogP contribution in [0, 0.1) is 6.92 Å². The van der Waals surface area contributed by atoms with Crippen LogP contribution in [0.3, 0.4) is 0 Å². The lowest BCUT2D eigenvalue weighted by molar-refractivity contribution is 0.0949. The van der Waals surface area contributed by atoms with Gasteiger partial charge in [0.15, 0.2) is 0 Å². The number of carbonyl (C=O) groups excluding carboxylic acids is 1. The van der Waals surface area contributed by atoms with Gasteiger partial charge in [-0.2, -0.15) is 0 Å². The topological polar surface area (TPSA) is 54.0 Å². The third-order valence-electron chi connectivity index (χ3n) is 4.01. The third-order valence-corrected chi connectivity index (χ3v) is 4.24. The molecule has 0 aliphatic heterocycles. The Kier molecular flexibility index (Phi) is 5.87. The maximum absolute atomic E-state index is 12.2. The quantitative estimate of drug-likeness (QED) is 0.662. The van der Waals surface area contributed by atoms with Gasteiger partial charge in [0.1, 0.15) is 5.69 Å². The Hall–Kier alpha value is -2.85. The number of aromatic nitrogens is 1. The summed E-state index contributed by atoms with van der Waals surface area (Å²) in [6.45, 7) is 2.57. The van der Waals surface area contributed by atoms with E-state index in [4.69, 9.17) is 11.6 Å². The van der Waals surface area contributed by atoms with Crippen LogP contribution in [0.5, 0.6) is 0 Å². The molecule has 1 aromatic heterocycles. The molecule has 0 spiro atoms. The van der Waals surface area contributed by atoms with Crippen molar-refractivity contribution in [2.45, 2.75) is 13.3 Å². The number of nitrogens with one attached hydrogen (secondary N) is 2. The largest absolute Gasteiger partial charge is 0.354 e. The van der Waals surface area contributed by atoms with Gasteiger partial charge in [-0.1, -0.05) is 41.9 Å². The van der Waals surface area contributed by atoms with E-state index in [2.05, 4.69) is 15.6 Å². The molecule has 0 saturated heterocycles. The Morgan fingerprint density at radius 3 is 2.65 bits per heavy atom. The first kappa shape index (κ1) is 18.0. The molecular weight excluding hydrogens is 346 g/mol. The lowest BCUT2D eigenvalue weighted by Crippen LogP contribution is -2.26. The molecule has 2 aromatic carbocycles. The number of hydrogen-bond acceptors (Lipinski definition) is 3. The molecule has 0 bridgehead atoms. The van der Waals surface area contributed by atoms with E-state index in [1.807, 2.05) is 61.5 Å². The SMILES string of the molecule is Cc1ccccc1Nc1ccc(C(=O)NCCc2cccc(Cl)c2)nc1. The standard InChI is InChI=1S/C21H20ClN3O/c1-15-5-2-3-8-19(15)25-18-9-10-20(24-14-18)21(26)23-12-11-16-6-4-7-17(22)13-16/h2-10,13-14,25H,11-12H2,1H3,(H,23,26). The fraction of sp³-hybridized carbons (Fsp3) is 0.143. The highest BCUT2D eigenvalue weighted by molar-refractivity contribution is 6.30. The summed E-state index contributed by atoms with van der Waals surface area (Å²) in [6.07, 6.45) is 2.39. The molecule has 4 nitrogen and oxygen atoms in total. The molecule has 0 aliphatic carbocycles. The molecular formula is C21H20ClN3O. The van der Waals surface area contributed by atoms with E-state index in [0.29, 0.717) is 17.3 Å². The Labute approximate surface area is 158 Å². The van der Waals surface area contributed by atoms with Gasteiger partial charge in [-0.3, -0.25) is 4.79 Å². The smallest absolute Gasteiger partial charge is 0.269 e. The average Bonchev–Trinajstić information content (AvgIpc) is 2.64. The molecule has 0 saturated carbocycles. The van der Waals surface area contributed by atoms with E-state index >= 15 is 0 Å². The van der Waals surface area contributed by atoms with Gasteiger partial charge >= 0.3 is 0 Å². The second-order valence-electron chi connectivity index (χ2n) is 6.01. The normalized spacial score (nSPS) is 10.4. The fourth-order valence-electron chi connectivity index (χ4n) is 2.57. The number of anilines is 2. The van der Waals surface area contributed by atoms with Crippen molar-refractivity contribution in [3.05, 3.63) is 88.7 Å². The second kappa shape index (κ2) is 8.50. The monoisotopic (exact) mass is 365 g/mol. The molecule has 0 aliphatic rings. The molecule has 1 heterocycles. The van der Waals surface area contributed by atoms with Crippen molar-refractivity contribution >= 4 is 28.9 Å². The predicted molar refractivity (Wildman–Crippen MR) is 106 cm³/mol. The summed E-state index contributed by atoms with van der Waals surface area (Å²) in [4.78, 5) is 16.5. The lowest BCUT2D eigenvalue weighted by Gasteiger charge is -2.10. The van der Waals surface area contributed by atoms with Crippen molar-refractivity contribution < 1.29 is 4.79 Å². The van der Waals surface area contributed by atoms with E-state index in [1.54, 1.807) is 12.3 Å². The predicted octanol–water partition coefficient (Wildman–Crippen LogP) is 4.76. The van der Waals surface area contributed by atoms with Crippen molar-refractivity contribution in [3.63, 3.8) is 0 Å². The molecule has 2 N–H and O–H groups in total. The zero-order valence-electron chi connectivity index (χ0n) is 14.5. The van der Waals surface area contributed by atoms with Crippen LogP contribution < -0.4 is 10.6 Å². The van der Waals surface area contributed by atoms with Gasteiger partial charge < -0.3 is 10.6 Å². The summed E-state index contributed by atoms with van der Waals surface area (Å²) in [5.74, 6) is -0.186. The van der Waals surface area contributed by atoms with Crippen molar-refractivity contribution in [3.8, 4) is 0 Å². The van der Waals surface area contributed by atoms with Crippen LogP contribution in [0.25, 0.3) is 0 Å². The van der Waals surface area contributed by atoms with Gasteiger partial charge in [-0.05, 0) is 54.8 Å². The van der Waals surface area contributed by atoms with Crippen molar-refractivity contribution in [1.29, 1.82) is 0 Å². The Morgan fingerprint density at radius 2 is 1.92 bits per heavy atom. The summed E-state index contributed by atoms with van der Waals surface area (Å²) in [5.41, 5.74) is 4.49. The maximum Gasteiger partial charge on any atom is 0.269 e. The van der Waals surface area contributed by atoms with E-state index < -0.39 is 0 Å². The Morgan fingerprint density at radius 1 is 1.08 bits per heavy atom. The Balaban J connectivity index is 1.54. The highest BCUT2D eigenvalue weighted by atomic mass is 35.5. The minimum Gasteiger partial charge on any atom is -0.354 e. The van der Waals surface area contributed by atoms with Gasteiger partial charge in [-0.25, -0.2) is 4.98 Å². The lowest BCUT2D eigenvalue weighted by atomic mass is 10.1. The Bertz CT molecular complexity index is 894. The highest BCUT2D eigenvalue weighted by Crippen LogP contribution is 2.19. The average molecular weight is 366 g/mol. The van der Waals surface area contributed by atoms with Gasteiger partial charge in [-0.15, -0.1) is 0 Å². The molecule has 26 heavy (non-hydrogen) atoms. The van der Waals surface area contributed by atoms with Crippen LogP contribution in [0.1, 0.15) is 21.6 Å². The van der Waals surface area contributed by atoms with Crippen LogP contribution in [-0.4, -0.2) is 17.4 Å². The first-order chi connectivity index (χ1) is 12.6. The van der Waals surface area contributed by atoms with Crippen molar-refractivity contribution in [2.75, 3.05) is 11.9 Å². The zero-order valence-corrected chi connectivity index (χ0v) is 15.3. The van der Waals surface area contributed by atoms with Gasteiger partial charge in [0, 0.05) is 17.3 Å². The summed E-state index contributed by atoms with van der Waals surface area (Å²) in [5, 5.41) is 6.88. The fourth-order valence-corrected chi connectivity index (χ4v) is 2.79. The number of para-hydroxylation sites is 1. The first-order valence-electron chi connectivity index (χ1n) is 8.43. The molecule has 0 unspecified atom stereocenters. The summed E-state index contributed by atoms with van der Waals surface area (Å²) < 4.78 is 0. The maximum atomic E-state index is 12.2. The number of hydrogen-bond donors (Lipinski definition) is 2. The van der Waals surface area contributed by atoms with Gasteiger partial charge in [0.05, 0.1) is 11.9 Å². The van der Waals surface area contributed by atoms with Crippen LogP contribution in [0.2, 0.25) is 5.02 Å². The third kappa shape index (κ3) is 4.83. The van der Waals surface area contributed by atoms with Gasteiger partial charge in [0.2, 0.25) is 0 Å². The zero-order chi connectivity index (χ0) is 18.4. The first-order valence-corrected chi connectivity index (χ1v) is 8.81. The molecule has 0 atom stereocenters. The summed E-state index contributed by atoms with van der Waals surface area (Å²) >= 11 is 5.96. The number of carbonyl (C=O) groups is 1. The summed E-state index contributed by atoms with van der Waals surface area (Å²) in [6, 6.07) is 19.2.